The first-order chi connectivity index (χ1) is 9.56. The zero-order chi connectivity index (χ0) is 14.5. The van der Waals surface area contributed by atoms with E-state index in [4.69, 9.17) is 11.6 Å². The van der Waals surface area contributed by atoms with Gasteiger partial charge in [0.05, 0.1) is 10.7 Å². The summed E-state index contributed by atoms with van der Waals surface area (Å²) in [5, 5.41) is 6.95. The first kappa shape index (κ1) is 15.9. The summed E-state index contributed by atoms with van der Waals surface area (Å²) < 4.78 is 1.08. The standard InChI is InChI=1S/C15H20ClIN2O/c1-10(15(20)19-12-5-3-2-4-6-12)18-14-8-7-11(17)9-13(14)16/h7-10,12,18H,2-6H2,1H3,(H,19,20). The fraction of sp³-hybridized carbons (Fsp3) is 0.533. The van der Waals surface area contributed by atoms with Crippen molar-refractivity contribution in [2.45, 2.75) is 51.1 Å². The van der Waals surface area contributed by atoms with Gasteiger partial charge in [0.1, 0.15) is 6.04 Å². The van der Waals surface area contributed by atoms with Gasteiger partial charge in [0.25, 0.3) is 0 Å². The van der Waals surface area contributed by atoms with E-state index < -0.39 is 0 Å². The molecule has 1 amide bonds. The Morgan fingerprint density at radius 1 is 1.35 bits per heavy atom. The number of rotatable bonds is 4. The molecule has 1 aromatic rings. The average Bonchev–Trinajstić information content (AvgIpc) is 2.43. The van der Waals surface area contributed by atoms with E-state index in [9.17, 15) is 4.79 Å². The molecular weight excluding hydrogens is 387 g/mol. The molecule has 0 radical (unpaired) electrons. The summed E-state index contributed by atoms with van der Waals surface area (Å²) in [5.41, 5.74) is 0.804. The molecule has 0 aliphatic heterocycles. The maximum Gasteiger partial charge on any atom is 0.242 e. The molecule has 1 aliphatic rings. The molecule has 1 atom stereocenters. The van der Waals surface area contributed by atoms with Crippen molar-refractivity contribution in [2.75, 3.05) is 5.32 Å². The van der Waals surface area contributed by atoms with Crippen LogP contribution in [0.5, 0.6) is 0 Å². The van der Waals surface area contributed by atoms with Crippen molar-refractivity contribution in [3.05, 3.63) is 26.8 Å². The Bertz CT molecular complexity index is 475. The number of anilines is 1. The summed E-state index contributed by atoms with van der Waals surface area (Å²) in [6.07, 6.45) is 5.93. The van der Waals surface area contributed by atoms with E-state index in [2.05, 4.69) is 33.2 Å². The van der Waals surface area contributed by atoms with E-state index in [0.717, 1.165) is 22.1 Å². The topological polar surface area (TPSA) is 41.1 Å². The van der Waals surface area contributed by atoms with Crippen molar-refractivity contribution in [3.8, 4) is 0 Å². The number of hydrogen-bond donors (Lipinski definition) is 2. The minimum Gasteiger partial charge on any atom is -0.373 e. The van der Waals surface area contributed by atoms with Crippen LogP contribution in [-0.4, -0.2) is 18.0 Å². The van der Waals surface area contributed by atoms with Crippen LogP contribution in [0.25, 0.3) is 0 Å². The molecule has 2 rings (SSSR count). The Morgan fingerprint density at radius 2 is 2.05 bits per heavy atom. The van der Waals surface area contributed by atoms with Gasteiger partial charge in [-0.3, -0.25) is 4.79 Å². The lowest BCUT2D eigenvalue weighted by molar-refractivity contribution is -0.122. The lowest BCUT2D eigenvalue weighted by Crippen LogP contribution is -2.44. The Labute approximate surface area is 139 Å². The molecule has 1 aromatic carbocycles. The number of carbonyl (C=O) groups is 1. The van der Waals surface area contributed by atoms with Gasteiger partial charge in [0.15, 0.2) is 0 Å². The van der Waals surface area contributed by atoms with Crippen molar-refractivity contribution in [1.29, 1.82) is 0 Å². The van der Waals surface area contributed by atoms with E-state index >= 15 is 0 Å². The largest absolute Gasteiger partial charge is 0.373 e. The van der Waals surface area contributed by atoms with Gasteiger partial charge in [-0.05, 0) is 60.6 Å². The van der Waals surface area contributed by atoms with Crippen molar-refractivity contribution in [1.82, 2.24) is 5.32 Å². The van der Waals surface area contributed by atoms with E-state index in [1.165, 1.54) is 19.3 Å². The van der Waals surface area contributed by atoms with Gasteiger partial charge in [-0.1, -0.05) is 30.9 Å². The van der Waals surface area contributed by atoms with Gasteiger partial charge >= 0.3 is 0 Å². The van der Waals surface area contributed by atoms with Crippen molar-refractivity contribution >= 4 is 45.8 Å². The van der Waals surface area contributed by atoms with Crippen molar-refractivity contribution < 1.29 is 4.79 Å². The quantitative estimate of drug-likeness (QED) is 0.736. The minimum absolute atomic E-state index is 0.0477. The molecule has 1 fully saturated rings. The Kier molecular flexibility index (Phi) is 5.96. The molecule has 2 N–H and O–H groups in total. The van der Waals surface area contributed by atoms with Crippen molar-refractivity contribution in [3.63, 3.8) is 0 Å². The van der Waals surface area contributed by atoms with Crippen LogP contribution in [-0.2, 0) is 4.79 Å². The monoisotopic (exact) mass is 406 g/mol. The van der Waals surface area contributed by atoms with Crippen molar-refractivity contribution in [2.24, 2.45) is 0 Å². The van der Waals surface area contributed by atoms with E-state index in [-0.39, 0.29) is 11.9 Å². The van der Waals surface area contributed by atoms with Gasteiger partial charge in [0.2, 0.25) is 5.91 Å². The number of carbonyl (C=O) groups excluding carboxylic acids is 1. The second-order valence-electron chi connectivity index (χ2n) is 5.33. The van der Waals surface area contributed by atoms with Gasteiger partial charge in [0, 0.05) is 9.61 Å². The molecule has 110 valence electrons. The number of nitrogens with one attached hydrogen (secondary N) is 2. The second-order valence-corrected chi connectivity index (χ2v) is 6.99. The van der Waals surface area contributed by atoms with Crippen LogP contribution >= 0.6 is 34.2 Å². The van der Waals surface area contributed by atoms with Crippen LogP contribution < -0.4 is 10.6 Å². The molecular formula is C15H20ClIN2O. The predicted molar refractivity (Wildman–Crippen MR) is 92.3 cm³/mol. The Balaban J connectivity index is 1.89. The van der Waals surface area contributed by atoms with Gasteiger partial charge in [-0.15, -0.1) is 0 Å². The molecule has 5 heteroatoms. The predicted octanol–water partition coefficient (Wildman–Crippen LogP) is 4.19. The van der Waals surface area contributed by atoms with Gasteiger partial charge in [-0.25, -0.2) is 0 Å². The summed E-state index contributed by atoms with van der Waals surface area (Å²) >= 11 is 8.39. The number of hydrogen-bond acceptors (Lipinski definition) is 2. The maximum absolute atomic E-state index is 12.2. The van der Waals surface area contributed by atoms with Gasteiger partial charge < -0.3 is 10.6 Å². The lowest BCUT2D eigenvalue weighted by atomic mass is 9.95. The highest BCUT2D eigenvalue weighted by atomic mass is 127. The average molecular weight is 407 g/mol. The summed E-state index contributed by atoms with van der Waals surface area (Å²) in [7, 11) is 0. The SMILES string of the molecule is CC(Nc1ccc(I)cc1Cl)C(=O)NC1CCCCC1. The highest BCUT2D eigenvalue weighted by Crippen LogP contribution is 2.24. The smallest absolute Gasteiger partial charge is 0.242 e. The molecule has 3 nitrogen and oxygen atoms in total. The fourth-order valence-corrected chi connectivity index (χ4v) is 3.39. The lowest BCUT2D eigenvalue weighted by Gasteiger charge is -2.25. The summed E-state index contributed by atoms with van der Waals surface area (Å²) in [6.45, 7) is 1.87. The zero-order valence-electron chi connectivity index (χ0n) is 11.6. The fourth-order valence-electron chi connectivity index (χ4n) is 2.48. The second kappa shape index (κ2) is 7.50. The van der Waals surface area contributed by atoms with Gasteiger partial charge in [-0.2, -0.15) is 0 Å². The first-order valence-corrected chi connectivity index (χ1v) is 8.54. The molecule has 1 unspecified atom stereocenters. The third kappa shape index (κ3) is 4.52. The third-order valence-corrected chi connectivity index (χ3v) is 4.63. The van der Waals surface area contributed by atoms with Crippen LogP contribution in [0.3, 0.4) is 0 Å². The Morgan fingerprint density at radius 3 is 2.70 bits per heavy atom. The number of halogens is 2. The normalized spacial score (nSPS) is 17.6. The molecule has 0 bridgehead atoms. The highest BCUT2D eigenvalue weighted by Gasteiger charge is 2.19. The maximum atomic E-state index is 12.2. The van der Waals surface area contributed by atoms with E-state index in [1.54, 1.807) is 0 Å². The molecule has 0 aromatic heterocycles. The van der Waals surface area contributed by atoms with E-state index in [1.807, 2.05) is 25.1 Å². The Hall–Kier alpha value is -0.490. The van der Waals surface area contributed by atoms with E-state index in [0.29, 0.717) is 11.1 Å². The van der Waals surface area contributed by atoms with Crippen LogP contribution in [0.4, 0.5) is 5.69 Å². The molecule has 0 heterocycles. The summed E-state index contributed by atoms with van der Waals surface area (Å²) in [4.78, 5) is 12.2. The minimum atomic E-state index is -0.283. The zero-order valence-corrected chi connectivity index (χ0v) is 14.5. The van der Waals surface area contributed by atoms with Crippen LogP contribution in [0, 0.1) is 3.57 Å². The molecule has 0 spiro atoms. The van der Waals surface area contributed by atoms with Crippen LogP contribution in [0.2, 0.25) is 5.02 Å². The molecule has 20 heavy (non-hydrogen) atoms. The molecule has 0 saturated heterocycles. The number of amides is 1. The summed E-state index contributed by atoms with van der Waals surface area (Å²) in [5.74, 6) is 0.0477. The summed E-state index contributed by atoms with van der Waals surface area (Å²) in [6, 6.07) is 5.83. The number of benzene rings is 1. The molecule has 1 saturated carbocycles. The highest BCUT2D eigenvalue weighted by molar-refractivity contribution is 14.1. The third-order valence-electron chi connectivity index (χ3n) is 3.65. The van der Waals surface area contributed by atoms with Crippen LogP contribution in [0.15, 0.2) is 18.2 Å². The first-order valence-electron chi connectivity index (χ1n) is 7.08. The van der Waals surface area contributed by atoms with Crippen LogP contribution in [0.1, 0.15) is 39.0 Å². The molecule has 1 aliphatic carbocycles.